The molecule has 1 aromatic heterocycles. The molecular formula is C21H29IN6O2. The number of carbonyl (C=O) groups excluding carboxylic acids is 1. The first-order valence-electron chi connectivity index (χ1n) is 10.2. The molecule has 2 aliphatic heterocycles. The van der Waals surface area contributed by atoms with Gasteiger partial charge in [0.25, 0.3) is 5.91 Å². The van der Waals surface area contributed by atoms with Crippen molar-refractivity contribution in [2.75, 3.05) is 39.8 Å². The molecule has 2 aromatic rings. The predicted octanol–water partition coefficient (Wildman–Crippen LogP) is 1.89. The average Bonchev–Trinajstić information content (AvgIpc) is 3.49. The highest BCUT2D eigenvalue weighted by molar-refractivity contribution is 14.0. The Kier molecular flexibility index (Phi) is 8.08. The van der Waals surface area contributed by atoms with Crippen LogP contribution in [0.25, 0.3) is 5.69 Å². The normalized spacial score (nSPS) is 19.5. The van der Waals surface area contributed by atoms with Crippen molar-refractivity contribution in [1.82, 2.24) is 24.9 Å². The Bertz CT molecular complexity index is 826. The van der Waals surface area contributed by atoms with E-state index in [2.05, 4.69) is 44.6 Å². The van der Waals surface area contributed by atoms with Crippen LogP contribution in [0.1, 0.15) is 18.4 Å². The van der Waals surface area contributed by atoms with Gasteiger partial charge in [-0.1, -0.05) is 12.1 Å². The topological polar surface area (TPSA) is 75.0 Å². The largest absolute Gasteiger partial charge is 0.368 e. The Balaban J connectivity index is 0.00000256. The molecule has 9 heteroatoms. The molecule has 4 rings (SSSR count). The van der Waals surface area contributed by atoms with Gasteiger partial charge in [-0.15, -0.1) is 24.0 Å². The second kappa shape index (κ2) is 10.8. The molecular weight excluding hydrogens is 495 g/mol. The molecule has 0 bridgehead atoms. The van der Waals surface area contributed by atoms with E-state index in [1.54, 1.807) is 13.2 Å². The molecule has 1 N–H and O–H groups in total. The second-order valence-electron chi connectivity index (χ2n) is 7.33. The van der Waals surface area contributed by atoms with E-state index in [0.717, 1.165) is 37.6 Å². The summed E-state index contributed by atoms with van der Waals surface area (Å²) in [5.41, 5.74) is 2.21. The minimum Gasteiger partial charge on any atom is -0.368 e. The summed E-state index contributed by atoms with van der Waals surface area (Å²) in [6.07, 6.45) is 5.30. The molecule has 3 heterocycles. The lowest BCUT2D eigenvalue weighted by Crippen LogP contribution is -2.55. The highest BCUT2D eigenvalue weighted by atomic mass is 127. The van der Waals surface area contributed by atoms with Gasteiger partial charge in [0.2, 0.25) is 0 Å². The monoisotopic (exact) mass is 524 g/mol. The van der Waals surface area contributed by atoms with E-state index in [-0.39, 0.29) is 36.0 Å². The zero-order chi connectivity index (χ0) is 20.1. The van der Waals surface area contributed by atoms with Gasteiger partial charge in [0.15, 0.2) is 5.96 Å². The summed E-state index contributed by atoms with van der Waals surface area (Å²) >= 11 is 0. The number of amides is 1. The number of nitrogens with zero attached hydrogens (tertiary/aromatic N) is 5. The fraction of sp³-hybridized carbons (Fsp3) is 0.476. The number of carbonyl (C=O) groups is 1. The van der Waals surface area contributed by atoms with Crippen LogP contribution in [0, 0.1) is 0 Å². The lowest BCUT2D eigenvalue weighted by molar-refractivity contribution is -0.142. The van der Waals surface area contributed by atoms with Crippen LogP contribution in [-0.4, -0.2) is 77.4 Å². The van der Waals surface area contributed by atoms with Crippen LogP contribution in [0.3, 0.4) is 0 Å². The fourth-order valence-corrected chi connectivity index (χ4v) is 3.82. The van der Waals surface area contributed by atoms with Crippen molar-refractivity contribution in [2.24, 2.45) is 4.99 Å². The molecule has 2 fully saturated rings. The third-order valence-electron chi connectivity index (χ3n) is 5.46. The number of aromatic nitrogens is 2. The number of nitrogens with one attached hydrogen (secondary N) is 1. The number of guanidine groups is 1. The number of aliphatic imine (C=N–C) groups is 1. The van der Waals surface area contributed by atoms with Crippen molar-refractivity contribution < 1.29 is 9.53 Å². The molecule has 2 saturated heterocycles. The smallest absolute Gasteiger partial charge is 0.251 e. The molecule has 0 radical (unpaired) electrons. The number of rotatable bonds is 4. The molecule has 1 unspecified atom stereocenters. The van der Waals surface area contributed by atoms with Gasteiger partial charge in [-0.05, 0) is 36.6 Å². The highest BCUT2D eigenvalue weighted by Crippen LogP contribution is 2.16. The van der Waals surface area contributed by atoms with Crippen molar-refractivity contribution >= 4 is 35.8 Å². The maximum Gasteiger partial charge on any atom is 0.251 e. The summed E-state index contributed by atoms with van der Waals surface area (Å²) in [5, 5.41) is 7.68. The van der Waals surface area contributed by atoms with E-state index in [1.165, 1.54) is 5.56 Å². The average molecular weight is 524 g/mol. The molecule has 1 aromatic carbocycles. The van der Waals surface area contributed by atoms with Crippen LogP contribution in [0.2, 0.25) is 0 Å². The van der Waals surface area contributed by atoms with Crippen molar-refractivity contribution in [3.63, 3.8) is 0 Å². The molecule has 0 aliphatic carbocycles. The minimum absolute atomic E-state index is 0. The zero-order valence-electron chi connectivity index (χ0n) is 17.2. The maximum atomic E-state index is 12.5. The van der Waals surface area contributed by atoms with E-state index in [4.69, 9.17) is 4.74 Å². The first-order chi connectivity index (χ1) is 14.2. The van der Waals surface area contributed by atoms with Gasteiger partial charge < -0.3 is 19.9 Å². The molecule has 0 spiro atoms. The fourth-order valence-electron chi connectivity index (χ4n) is 3.82. The van der Waals surface area contributed by atoms with Crippen molar-refractivity contribution in [1.29, 1.82) is 0 Å². The van der Waals surface area contributed by atoms with Crippen LogP contribution in [0.4, 0.5) is 0 Å². The van der Waals surface area contributed by atoms with Crippen LogP contribution >= 0.6 is 24.0 Å². The first kappa shape index (κ1) is 22.5. The van der Waals surface area contributed by atoms with Gasteiger partial charge >= 0.3 is 0 Å². The third-order valence-corrected chi connectivity index (χ3v) is 5.46. The van der Waals surface area contributed by atoms with Crippen molar-refractivity contribution in [3.8, 4) is 5.69 Å². The van der Waals surface area contributed by atoms with Crippen LogP contribution in [0.15, 0.2) is 47.7 Å². The van der Waals surface area contributed by atoms with E-state index < -0.39 is 0 Å². The molecule has 1 atom stereocenters. The Morgan fingerprint density at radius 3 is 2.53 bits per heavy atom. The summed E-state index contributed by atoms with van der Waals surface area (Å²) in [7, 11) is 1.80. The predicted molar refractivity (Wildman–Crippen MR) is 126 cm³/mol. The Morgan fingerprint density at radius 2 is 1.93 bits per heavy atom. The first-order valence-corrected chi connectivity index (χ1v) is 10.2. The van der Waals surface area contributed by atoms with Crippen LogP contribution in [-0.2, 0) is 16.1 Å². The second-order valence-corrected chi connectivity index (χ2v) is 7.33. The quantitative estimate of drug-likeness (QED) is 0.376. The standard InChI is InChI=1S/C21H28N6O2.HI/c1-22-21(23-16-17-5-7-18(8-6-17)27-10-3-9-24-27)26-13-11-25(12-14-26)20(28)19-4-2-15-29-19;/h3,5-10,19H,2,4,11-16H2,1H3,(H,22,23);1H. The Morgan fingerprint density at radius 1 is 1.20 bits per heavy atom. The molecule has 30 heavy (non-hydrogen) atoms. The van der Waals surface area contributed by atoms with Gasteiger partial charge in [0.1, 0.15) is 6.10 Å². The number of hydrogen-bond donors (Lipinski definition) is 1. The zero-order valence-corrected chi connectivity index (χ0v) is 19.6. The summed E-state index contributed by atoms with van der Waals surface area (Å²) in [5.74, 6) is 1.01. The van der Waals surface area contributed by atoms with Crippen LogP contribution in [0.5, 0.6) is 0 Å². The van der Waals surface area contributed by atoms with Crippen LogP contribution < -0.4 is 5.32 Å². The number of ether oxygens (including phenoxy) is 1. The lowest BCUT2D eigenvalue weighted by atomic mass is 10.2. The summed E-state index contributed by atoms with van der Waals surface area (Å²) in [4.78, 5) is 21.1. The van der Waals surface area contributed by atoms with E-state index >= 15 is 0 Å². The van der Waals surface area contributed by atoms with E-state index in [1.807, 2.05) is 21.8 Å². The summed E-state index contributed by atoms with van der Waals surface area (Å²) in [6, 6.07) is 10.2. The van der Waals surface area contributed by atoms with Gasteiger partial charge in [0.05, 0.1) is 5.69 Å². The van der Waals surface area contributed by atoms with Crippen molar-refractivity contribution in [3.05, 3.63) is 48.3 Å². The third kappa shape index (κ3) is 5.31. The lowest BCUT2D eigenvalue weighted by Gasteiger charge is -2.37. The van der Waals surface area contributed by atoms with Gasteiger partial charge in [-0.25, -0.2) is 4.68 Å². The van der Waals surface area contributed by atoms with Gasteiger partial charge in [-0.2, -0.15) is 5.10 Å². The van der Waals surface area contributed by atoms with Gasteiger partial charge in [0, 0.05) is 58.8 Å². The molecule has 8 nitrogen and oxygen atoms in total. The molecule has 0 saturated carbocycles. The summed E-state index contributed by atoms with van der Waals surface area (Å²) in [6.45, 7) is 4.36. The highest BCUT2D eigenvalue weighted by Gasteiger charge is 2.30. The minimum atomic E-state index is -0.233. The SMILES string of the molecule is CN=C(NCc1ccc(-n2cccn2)cc1)N1CCN(C(=O)C2CCCO2)CC1.I. The summed E-state index contributed by atoms with van der Waals surface area (Å²) < 4.78 is 7.38. The maximum absolute atomic E-state index is 12.5. The van der Waals surface area contributed by atoms with Crippen molar-refractivity contribution in [2.45, 2.75) is 25.5 Å². The Labute approximate surface area is 194 Å². The van der Waals surface area contributed by atoms with E-state index in [9.17, 15) is 4.79 Å². The molecule has 162 valence electrons. The number of halogens is 1. The number of piperazine rings is 1. The molecule has 1 amide bonds. The molecule has 2 aliphatic rings. The Hall–Kier alpha value is -2.14. The number of hydrogen-bond acceptors (Lipinski definition) is 4. The van der Waals surface area contributed by atoms with Gasteiger partial charge in [-0.3, -0.25) is 9.79 Å². The van der Waals surface area contributed by atoms with E-state index in [0.29, 0.717) is 26.2 Å². The number of benzene rings is 1.